The summed E-state index contributed by atoms with van der Waals surface area (Å²) in [5.74, 6) is -0.243. The molecule has 0 heterocycles. The summed E-state index contributed by atoms with van der Waals surface area (Å²) in [4.78, 5) is 13.7. The summed E-state index contributed by atoms with van der Waals surface area (Å²) in [7, 11) is 0. The fraction of sp³-hybridized carbons (Fsp3) is 0.588. The molecule has 1 N–H and O–H groups in total. The number of benzene rings is 1. The van der Waals surface area contributed by atoms with Crippen molar-refractivity contribution >= 4 is 22.0 Å². The number of hydrogen-bond donors (Lipinski definition) is 1. The van der Waals surface area contributed by atoms with Crippen LogP contribution < -0.4 is 5.32 Å². The summed E-state index contributed by atoms with van der Waals surface area (Å²) in [6, 6.07) is 4.64. The first-order valence-corrected chi connectivity index (χ1v) is 8.65. The third-order valence-corrected chi connectivity index (χ3v) is 3.91. The molecule has 0 unspecified atom stereocenters. The number of rotatable bonds is 7. The maximum atomic E-state index is 13.2. The molecule has 1 aromatic rings. The molecule has 0 aromatic heterocycles. The molecular formula is C17H26BrFN2O2. The van der Waals surface area contributed by atoms with E-state index in [2.05, 4.69) is 21.2 Å². The van der Waals surface area contributed by atoms with Crippen molar-refractivity contribution < 1.29 is 13.9 Å². The molecule has 0 aliphatic rings. The normalized spacial score (nSPS) is 11.4. The van der Waals surface area contributed by atoms with Crippen molar-refractivity contribution in [3.05, 3.63) is 34.1 Å². The zero-order valence-electron chi connectivity index (χ0n) is 14.3. The second-order valence-electron chi connectivity index (χ2n) is 6.33. The maximum absolute atomic E-state index is 13.2. The molecule has 0 bridgehead atoms. The van der Waals surface area contributed by atoms with Gasteiger partial charge in [-0.15, -0.1) is 0 Å². The van der Waals surface area contributed by atoms with E-state index in [9.17, 15) is 9.18 Å². The van der Waals surface area contributed by atoms with Crippen LogP contribution in [0.5, 0.6) is 0 Å². The Hall–Kier alpha value is -1.14. The average Bonchev–Trinajstić information content (AvgIpc) is 2.44. The van der Waals surface area contributed by atoms with Crippen LogP contribution in [0.2, 0.25) is 0 Å². The van der Waals surface area contributed by atoms with E-state index in [1.165, 1.54) is 12.1 Å². The number of ether oxygens (including phenoxy) is 1. The Morgan fingerprint density at radius 1 is 1.39 bits per heavy atom. The zero-order chi connectivity index (χ0) is 17.5. The van der Waals surface area contributed by atoms with Gasteiger partial charge in [-0.25, -0.2) is 9.18 Å². The third-order valence-electron chi connectivity index (χ3n) is 3.14. The lowest BCUT2D eigenvalue weighted by molar-refractivity contribution is 0.0258. The number of carbonyl (C=O) groups is 1. The van der Waals surface area contributed by atoms with Crippen LogP contribution in [0.4, 0.5) is 9.18 Å². The summed E-state index contributed by atoms with van der Waals surface area (Å²) < 4.78 is 19.4. The fourth-order valence-corrected chi connectivity index (χ4v) is 2.39. The van der Waals surface area contributed by atoms with Gasteiger partial charge in [-0.1, -0.05) is 15.9 Å². The molecule has 0 spiro atoms. The minimum atomic E-state index is -0.480. The Labute approximate surface area is 146 Å². The van der Waals surface area contributed by atoms with Crippen LogP contribution in [0.3, 0.4) is 0 Å². The Morgan fingerprint density at radius 2 is 2.09 bits per heavy atom. The van der Waals surface area contributed by atoms with E-state index in [1.54, 1.807) is 11.0 Å². The number of nitrogens with one attached hydrogen (secondary N) is 1. The van der Waals surface area contributed by atoms with Crippen LogP contribution >= 0.6 is 15.9 Å². The molecule has 0 fully saturated rings. The van der Waals surface area contributed by atoms with Gasteiger partial charge in [-0.05, 0) is 64.4 Å². The highest BCUT2D eigenvalue weighted by Crippen LogP contribution is 2.17. The van der Waals surface area contributed by atoms with Gasteiger partial charge >= 0.3 is 6.09 Å². The molecule has 4 nitrogen and oxygen atoms in total. The minimum absolute atomic E-state index is 0.243. The molecule has 1 aromatic carbocycles. The van der Waals surface area contributed by atoms with Gasteiger partial charge < -0.3 is 15.0 Å². The average molecular weight is 389 g/mol. The predicted molar refractivity (Wildman–Crippen MR) is 93.9 cm³/mol. The zero-order valence-corrected chi connectivity index (χ0v) is 15.9. The van der Waals surface area contributed by atoms with Gasteiger partial charge in [0.05, 0.1) is 0 Å². The quantitative estimate of drug-likeness (QED) is 0.706. The van der Waals surface area contributed by atoms with Gasteiger partial charge in [0, 0.05) is 24.1 Å². The SMILES string of the molecule is CCN(CCCNCc1cc(F)ccc1Br)C(=O)OC(C)(C)C. The summed E-state index contributed by atoms with van der Waals surface area (Å²) in [6.45, 7) is 10.1. The number of halogens is 2. The van der Waals surface area contributed by atoms with Crippen molar-refractivity contribution in [3.63, 3.8) is 0 Å². The van der Waals surface area contributed by atoms with Gasteiger partial charge in [-0.2, -0.15) is 0 Å². The largest absolute Gasteiger partial charge is 0.444 e. The number of hydrogen-bond acceptors (Lipinski definition) is 3. The van der Waals surface area contributed by atoms with Crippen LogP contribution in [0.1, 0.15) is 39.7 Å². The van der Waals surface area contributed by atoms with E-state index in [-0.39, 0.29) is 11.9 Å². The predicted octanol–water partition coefficient (Wildman–Crippen LogP) is 4.32. The van der Waals surface area contributed by atoms with E-state index in [1.807, 2.05) is 27.7 Å². The van der Waals surface area contributed by atoms with E-state index >= 15 is 0 Å². The number of amides is 1. The fourth-order valence-electron chi connectivity index (χ4n) is 2.00. The first-order chi connectivity index (χ1) is 10.7. The molecule has 130 valence electrons. The smallest absolute Gasteiger partial charge is 0.410 e. The number of nitrogens with zero attached hydrogens (tertiary/aromatic N) is 1. The molecule has 0 atom stereocenters. The lowest BCUT2D eigenvalue weighted by atomic mass is 10.2. The van der Waals surface area contributed by atoms with Crippen LogP contribution in [0, 0.1) is 5.82 Å². The van der Waals surface area contributed by atoms with Gasteiger partial charge in [-0.3, -0.25) is 0 Å². The highest BCUT2D eigenvalue weighted by atomic mass is 79.9. The van der Waals surface area contributed by atoms with E-state index in [0.29, 0.717) is 19.6 Å². The second-order valence-corrected chi connectivity index (χ2v) is 7.18. The van der Waals surface area contributed by atoms with Crippen LogP contribution in [0.15, 0.2) is 22.7 Å². The lowest BCUT2D eigenvalue weighted by Crippen LogP contribution is -2.38. The number of carbonyl (C=O) groups excluding carboxylic acids is 1. The monoisotopic (exact) mass is 388 g/mol. The highest BCUT2D eigenvalue weighted by Gasteiger charge is 2.20. The lowest BCUT2D eigenvalue weighted by Gasteiger charge is -2.26. The molecule has 0 saturated carbocycles. The molecular weight excluding hydrogens is 363 g/mol. The Morgan fingerprint density at radius 3 is 2.70 bits per heavy atom. The molecule has 0 aliphatic carbocycles. The molecule has 23 heavy (non-hydrogen) atoms. The van der Waals surface area contributed by atoms with Crippen molar-refractivity contribution in [2.75, 3.05) is 19.6 Å². The Kier molecular flexibility index (Phi) is 7.99. The molecule has 0 aliphatic heterocycles. The van der Waals surface area contributed by atoms with Crippen LogP contribution in [-0.2, 0) is 11.3 Å². The second kappa shape index (κ2) is 9.23. The first kappa shape index (κ1) is 19.9. The van der Waals surface area contributed by atoms with Crippen molar-refractivity contribution in [2.24, 2.45) is 0 Å². The van der Waals surface area contributed by atoms with Gasteiger partial charge in [0.25, 0.3) is 0 Å². The Bertz CT molecular complexity index is 518. The van der Waals surface area contributed by atoms with Crippen molar-refractivity contribution in [2.45, 2.75) is 46.3 Å². The van der Waals surface area contributed by atoms with Crippen molar-refractivity contribution in [1.82, 2.24) is 10.2 Å². The van der Waals surface area contributed by atoms with Gasteiger partial charge in [0.2, 0.25) is 0 Å². The van der Waals surface area contributed by atoms with E-state index in [4.69, 9.17) is 4.74 Å². The molecule has 6 heteroatoms. The molecule has 0 saturated heterocycles. The third kappa shape index (κ3) is 7.79. The molecule has 0 radical (unpaired) electrons. The first-order valence-electron chi connectivity index (χ1n) is 7.85. The summed E-state index contributed by atoms with van der Waals surface area (Å²) in [6.07, 6.45) is 0.521. The topological polar surface area (TPSA) is 41.6 Å². The van der Waals surface area contributed by atoms with Crippen molar-refractivity contribution in [1.29, 1.82) is 0 Å². The van der Waals surface area contributed by atoms with Gasteiger partial charge in [0.1, 0.15) is 11.4 Å². The van der Waals surface area contributed by atoms with E-state index < -0.39 is 5.60 Å². The maximum Gasteiger partial charge on any atom is 0.410 e. The molecule has 1 rings (SSSR count). The Balaban J connectivity index is 2.32. The molecule has 1 amide bonds. The van der Waals surface area contributed by atoms with Crippen LogP contribution in [0.25, 0.3) is 0 Å². The van der Waals surface area contributed by atoms with E-state index in [0.717, 1.165) is 23.0 Å². The highest BCUT2D eigenvalue weighted by molar-refractivity contribution is 9.10. The standard InChI is InChI=1S/C17H26BrFN2O2/c1-5-21(16(22)23-17(2,3)4)10-6-9-20-12-13-11-14(19)7-8-15(13)18/h7-8,11,20H,5-6,9-10,12H2,1-4H3. The minimum Gasteiger partial charge on any atom is -0.444 e. The van der Waals surface area contributed by atoms with Gasteiger partial charge in [0.15, 0.2) is 0 Å². The summed E-state index contributed by atoms with van der Waals surface area (Å²) in [5.41, 5.74) is 0.399. The van der Waals surface area contributed by atoms with Crippen molar-refractivity contribution in [3.8, 4) is 0 Å². The summed E-state index contributed by atoms with van der Waals surface area (Å²) >= 11 is 3.40. The summed E-state index contributed by atoms with van der Waals surface area (Å²) in [5, 5.41) is 3.26. The van der Waals surface area contributed by atoms with Crippen LogP contribution in [-0.4, -0.2) is 36.2 Å².